The quantitative estimate of drug-likeness (QED) is 0.220. The number of hydrogen-bond donors (Lipinski definition) is 2. The third kappa shape index (κ3) is 8.17. The molecule has 2 heterocycles. The third-order valence-corrected chi connectivity index (χ3v) is 5.32. The molecule has 1 saturated heterocycles. The van der Waals surface area contributed by atoms with Crippen LogP contribution in [0.25, 0.3) is 0 Å². The molecule has 1 atom stereocenters. The molecule has 1 aromatic heterocycles. The number of likely N-dealkylation sites (tertiary alicyclic amines) is 1. The van der Waals surface area contributed by atoms with E-state index in [0.717, 1.165) is 37.1 Å². The van der Waals surface area contributed by atoms with Gasteiger partial charge in [0.1, 0.15) is 18.1 Å². The van der Waals surface area contributed by atoms with Crippen molar-refractivity contribution in [1.82, 2.24) is 20.5 Å². The number of methoxy groups -OCH3 is 1. The van der Waals surface area contributed by atoms with Crippen molar-refractivity contribution in [3.05, 3.63) is 54.4 Å². The van der Waals surface area contributed by atoms with E-state index < -0.39 is 0 Å². The van der Waals surface area contributed by atoms with Gasteiger partial charge in [0.2, 0.25) is 0 Å². The summed E-state index contributed by atoms with van der Waals surface area (Å²) in [6, 6.07) is 12.5. The van der Waals surface area contributed by atoms with E-state index >= 15 is 0 Å². The summed E-state index contributed by atoms with van der Waals surface area (Å²) in [5.41, 5.74) is 1.29. The molecule has 0 aliphatic carbocycles. The van der Waals surface area contributed by atoms with Crippen LogP contribution in [-0.4, -0.2) is 62.8 Å². The first-order chi connectivity index (χ1) is 14.8. The van der Waals surface area contributed by atoms with Crippen LogP contribution in [0.3, 0.4) is 0 Å². The van der Waals surface area contributed by atoms with Gasteiger partial charge in [-0.15, -0.1) is 24.0 Å². The fourth-order valence-electron chi connectivity index (χ4n) is 3.70. The standard InChI is InChI=1S/C23H33N5O2.HI/c1-24-23(26-13-16-30-21-7-6-12-25-17-21)27-18-22(28-14-4-3-5-15-28)19-8-10-20(29-2)11-9-19;/h6-12,17,22H,3-5,13-16,18H2,1-2H3,(H2,24,26,27);1H. The highest BCUT2D eigenvalue weighted by Gasteiger charge is 2.22. The van der Waals surface area contributed by atoms with Gasteiger partial charge in [0.05, 0.1) is 25.9 Å². The third-order valence-electron chi connectivity index (χ3n) is 5.32. The van der Waals surface area contributed by atoms with Crippen molar-refractivity contribution in [2.45, 2.75) is 25.3 Å². The number of nitrogens with one attached hydrogen (secondary N) is 2. The largest absolute Gasteiger partial charge is 0.497 e. The lowest BCUT2D eigenvalue weighted by Crippen LogP contribution is -2.45. The Morgan fingerprint density at radius 1 is 1.10 bits per heavy atom. The summed E-state index contributed by atoms with van der Waals surface area (Å²) in [5, 5.41) is 6.81. The first-order valence-electron chi connectivity index (χ1n) is 10.7. The first-order valence-corrected chi connectivity index (χ1v) is 10.7. The lowest BCUT2D eigenvalue weighted by Gasteiger charge is -2.35. The number of rotatable bonds is 9. The zero-order valence-corrected chi connectivity index (χ0v) is 20.7. The fraction of sp³-hybridized carbons (Fsp3) is 0.478. The van der Waals surface area contributed by atoms with Crippen LogP contribution in [0.4, 0.5) is 0 Å². The minimum Gasteiger partial charge on any atom is -0.497 e. The monoisotopic (exact) mass is 539 g/mol. The average molecular weight is 539 g/mol. The summed E-state index contributed by atoms with van der Waals surface area (Å²) in [7, 11) is 3.49. The zero-order chi connectivity index (χ0) is 21.0. The van der Waals surface area contributed by atoms with E-state index in [0.29, 0.717) is 19.2 Å². The van der Waals surface area contributed by atoms with Crippen molar-refractivity contribution in [1.29, 1.82) is 0 Å². The second-order valence-electron chi connectivity index (χ2n) is 7.30. The molecule has 3 rings (SSSR count). The second kappa shape index (κ2) is 14.1. The molecule has 0 radical (unpaired) electrons. The number of ether oxygens (including phenoxy) is 2. The van der Waals surface area contributed by atoms with Gasteiger partial charge in [-0.1, -0.05) is 18.6 Å². The van der Waals surface area contributed by atoms with Crippen molar-refractivity contribution < 1.29 is 9.47 Å². The van der Waals surface area contributed by atoms with Crippen LogP contribution < -0.4 is 20.1 Å². The van der Waals surface area contributed by atoms with E-state index in [1.165, 1.54) is 24.8 Å². The highest BCUT2D eigenvalue weighted by Crippen LogP contribution is 2.25. The molecule has 8 heteroatoms. The molecule has 2 N–H and O–H groups in total. The van der Waals surface area contributed by atoms with Crippen LogP contribution in [0.2, 0.25) is 0 Å². The minimum atomic E-state index is 0. The zero-order valence-electron chi connectivity index (χ0n) is 18.4. The molecule has 1 fully saturated rings. The molecule has 31 heavy (non-hydrogen) atoms. The summed E-state index contributed by atoms with van der Waals surface area (Å²) >= 11 is 0. The first kappa shape index (κ1) is 25.2. The number of aromatic nitrogens is 1. The highest BCUT2D eigenvalue weighted by atomic mass is 127. The normalized spacial score (nSPS) is 15.5. The molecular formula is C23H34IN5O2. The van der Waals surface area contributed by atoms with Gasteiger partial charge >= 0.3 is 0 Å². The van der Waals surface area contributed by atoms with E-state index in [-0.39, 0.29) is 24.0 Å². The van der Waals surface area contributed by atoms with Crippen molar-refractivity contribution in [2.75, 3.05) is 46.9 Å². The molecule has 0 amide bonds. The molecule has 0 bridgehead atoms. The Labute approximate surface area is 202 Å². The number of aliphatic imine (C=N–C) groups is 1. The van der Waals surface area contributed by atoms with Gasteiger partial charge in [-0.25, -0.2) is 0 Å². The molecule has 7 nitrogen and oxygen atoms in total. The summed E-state index contributed by atoms with van der Waals surface area (Å²) < 4.78 is 11.0. The number of nitrogens with zero attached hydrogens (tertiary/aromatic N) is 3. The van der Waals surface area contributed by atoms with E-state index in [4.69, 9.17) is 9.47 Å². The molecule has 1 aromatic carbocycles. The van der Waals surface area contributed by atoms with Crippen molar-refractivity contribution in [3.63, 3.8) is 0 Å². The summed E-state index contributed by atoms with van der Waals surface area (Å²) in [6.07, 6.45) is 7.28. The van der Waals surface area contributed by atoms with E-state index in [9.17, 15) is 0 Å². The number of pyridine rings is 1. The Morgan fingerprint density at radius 2 is 1.87 bits per heavy atom. The molecule has 1 aliphatic rings. The topological polar surface area (TPSA) is 71.0 Å². The number of piperidine rings is 1. The van der Waals surface area contributed by atoms with E-state index in [1.54, 1.807) is 26.6 Å². The number of hydrogen-bond acceptors (Lipinski definition) is 5. The molecule has 1 unspecified atom stereocenters. The Balaban J connectivity index is 0.00000341. The van der Waals surface area contributed by atoms with Crippen LogP contribution in [0.5, 0.6) is 11.5 Å². The SMILES string of the molecule is CN=C(NCCOc1cccnc1)NCC(c1ccc(OC)cc1)N1CCCCC1.I. The maximum Gasteiger partial charge on any atom is 0.191 e. The van der Waals surface area contributed by atoms with Gasteiger partial charge in [-0.3, -0.25) is 14.9 Å². The molecule has 1 aliphatic heterocycles. The van der Waals surface area contributed by atoms with Crippen LogP contribution in [0.1, 0.15) is 30.9 Å². The summed E-state index contributed by atoms with van der Waals surface area (Å²) in [4.78, 5) is 11.0. The predicted molar refractivity (Wildman–Crippen MR) is 136 cm³/mol. The predicted octanol–water partition coefficient (Wildman–Crippen LogP) is 3.48. The van der Waals surface area contributed by atoms with Crippen molar-refractivity contribution in [3.8, 4) is 11.5 Å². The maximum atomic E-state index is 5.68. The van der Waals surface area contributed by atoms with Gasteiger partial charge in [-0.2, -0.15) is 0 Å². The van der Waals surface area contributed by atoms with Gasteiger partial charge in [0.25, 0.3) is 0 Å². The van der Waals surface area contributed by atoms with E-state index in [2.05, 4.69) is 37.6 Å². The van der Waals surface area contributed by atoms with Crippen LogP contribution in [0, 0.1) is 0 Å². The van der Waals surface area contributed by atoms with Gasteiger partial charge in [-0.05, 0) is 55.8 Å². The highest BCUT2D eigenvalue weighted by molar-refractivity contribution is 14.0. The maximum absolute atomic E-state index is 5.68. The molecule has 2 aromatic rings. The van der Waals surface area contributed by atoms with E-state index in [1.807, 2.05) is 24.3 Å². The Bertz CT molecular complexity index is 767. The van der Waals surface area contributed by atoms with Gasteiger partial charge in [0, 0.05) is 19.8 Å². The summed E-state index contributed by atoms with van der Waals surface area (Å²) in [5.74, 6) is 2.43. The lowest BCUT2D eigenvalue weighted by molar-refractivity contribution is 0.164. The van der Waals surface area contributed by atoms with Gasteiger partial charge < -0.3 is 20.1 Å². The van der Waals surface area contributed by atoms with Crippen molar-refractivity contribution >= 4 is 29.9 Å². The smallest absolute Gasteiger partial charge is 0.191 e. The average Bonchev–Trinajstić information content (AvgIpc) is 2.82. The second-order valence-corrected chi connectivity index (χ2v) is 7.30. The Kier molecular flexibility index (Phi) is 11.4. The lowest BCUT2D eigenvalue weighted by atomic mass is 10.0. The van der Waals surface area contributed by atoms with Crippen molar-refractivity contribution in [2.24, 2.45) is 4.99 Å². The Hall–Kier alpha value is -2.07. The van der Waals surface area contributed by atoms with Gasteiger partial charge in [0.15, 0.2) is 5.96 Å². The molecule has 170 valence electrons. The number of guanidine groups is 1. The van der Waals surface area contributed by atoms with Crippen LogP contribution in [-0.2, 0) is 0 Å². The van der Waals surface area contributed by atoms with Crippen LogP contribution >= 0.6 is 24.0 Å². The minimum absolute atomic E-state index is 0. The fourth-order valence-corrected chi connectivity index (χ4v) is 3.70. The number of benzene rings is 1. The number of halogens is 1. The molecule has 0 spiro atoms. The van der Waals surface area contributed by atoms with Crippen LogP contribution in [0.15, 0.2) is 53.8 Å². The molecule has 0 saturated carbocycles. The summed E-state index contributed by atoms with van der Waals surface area (Å²) in [6.45, 7) is 4.24. The Morgan fingerprint density at radius 3 is 2.52 bits per heavy atom. The molecular weight excluding hydrogens is 505 g/mol.